The molecule has 3 nitrogen and oxygen atoms in total. The van der Waals surface area contributed by atoms with E-state index in [4.69, 9.17) is 16.3 Å². The number of ether oxygens (including phenoxy) is 1. The van der Waals surface area contributed by atoms with Crippen molar-refractivity contribution >= 4 is 17.6 Å². The SMILES string of the molecule is COC(=O)C(NCc1ccccc1)c1ccc(Cl)cc1C. The van der Waals surface area contributed by atoms with E-state index >= 15 is 0 Å². The van der Waals surface area contributed by atoms with Gasteiger partial charge < -0.3 is 4.74 Å². The number of carbonyl (C=O) groups excluding carboxylic acids is 1. The molecule has 110 valence electrons. The highest BCUT2D eigenvalue weighted by atomic mass is 35.5. The average molecular weight is 304 g/mol. The second kappa shape index (κ2) is 7.25. The second-order valence-electron chi connectivity index (χ2n) is 4.82. The van der Waals surface area contributed by atoms with Gasteiger partial charge in [0.05, 0.1) is 7.11 Å². The molecular weight excluding hydrogens is 286 g/mol. The maximum Gasteiger partial charge on any atom is 0.327 e. The standard InChI is InChI=1S/C17H18ClNO2/c1-12-10-14(18)8-9-15(12)16(17(20)21-2)19-11-13-6-4-3-5-7-13/h3-10,16,19H,11H2,1-2H3. The maximum atomic E-state index is 12.1. The Morgan fingerprint density at radius 2 is 1.95 bits per heavy atom. The van der Waals surface area contributed by atoms with Crippen molar-refractivity contribution in [3.63, 3.8) is 0 Å². The number of benzene rings is 2. The number of hydrogen-bond donors (Lipinski definition) is 1. The molecule has 0 bridgehead atoms. The van der Waals surface area contributed by atoms with Gasteiger partial charge in [0.25, 0.3) is 0 Å². The summed E-state index contributed by atoms with van der Waals surface area (Å²) in [5.41, 5.74) is 2.94. The minimum Gasteiger partial charge on any atom is -0.468 e. The first kappa shape index (κ1) is 15.5. The fourth-order valence-corrected chi connectivity index (χ4v) is 2.44. The topological polar surface area (TPSA) is 38.3 Å². The summed E-state index contributed by atoms with van der Waals surface area (Å²) in [7, 11) is 1.39. The number of esters is 1. The third-order valence-corrected chi connectivity index (χ3v) is 3.57. The molecule has 1 atom stereocenters. The Hall–Kier alpha value is -1.84. The predicted octanol–water partition coefficient (Wildman–Crippen LogP) is 3.65. The van der Waals surface area contributed by atoms with E-state index in [-0.39, 0.29) is 5.97 Å². The van der Waals surface area contributed by atoms with Crippen LogP contribution in [0.4, 0.5) is 0 Å². The van der Waals surface area contributed by atoms with Gasteiger partial charge in [-0.15, -0.1) is 0 Å². The van der Waals surface area contributed by atoms with Gasteiger partial charge in [-0.1, -0.05) is 48.0 Å². The van der Waals surface area contributed by atoms with Crippen LogP contribution in [0.3, 0.4) is 0 Å². The lowest BCUT2D eigenvalue weighted by Gasteiger charge is -2.19. The van der Waals surface area contributed by atoms with Crippen LogP contribution in [0, 0.1) is 6.92 Å². The molecule has 2 aromatic carbocycles. The van der Waals surface area contributed by atoms with Gasteiger partial charge in [0.2, 0.25) is 0 Å². The Labute approximate surface area is 129 Å². The number of nitrogens with one attached hydrogen (secondary N) is 1. The highest BCUT2D eigenvalue weighted by Crippen LogP contribution is 2.23. The lowest BCUT2D eigenvalue weighted by Crippen LogP contribution is -2.29. The van der Waals surface area contributed by atoms with E-state index in [2.05, 4.69) is 5.32 Å². The Kier molecular flexibility index (Phi) is 5.37. The molecule has 0 heterocycles. The van der Waals surface area contributed by atoms with Crippen LogP contribution in [-0.2, 0) is 16.1 Å². The van der Waals surface area contributed by atoms with Crippen LogP contribution in [0.25, 0.3) is 0 Å². The Morgan fingerprint density at radius 3 is 2.57 bits per heavy atom. The highest BCUT2D eigenvalue weighted by Gasteiger charge is 2.22. The van der Waals surface area contributed by atoms with Crippen LogP contribution in [0.5, 0.6) is 0 Å². The molecule has 0 aliphatic carbocycles. The van der Waals surface area contributed by atoms with Crippen LogP contribution in [0.15, 0.2) is 48.5 Å². The molecule has 0 aliphatic heterocycles. The lowest BCUT2D eigenvalue weighted by molar-refractivity contribution is -0.143. The first-order chi connectivity index (χ1) is 10.1. The van der Waals surface area contributed by atoms with Crippen LogP contribution in [0.1, 0.15) is 22.7 Å². The molecule has 0 aromatic heterocycles. The summed E-state index contributed by atoms with van der Waals surface area (Å²) >= 11 is 5.97. The number of rotatable bonds is 5. The van der Waals surface area contributed by atoms with Gasteiger partial charge in [-0.3, -0.25) is 5.32 Å². The monoisotopic (exact) mass is 303 g/mol. The number of aryl methyl sites for hydroxylation is 1. The molecule has 4 heteroatoms. The highest BCUT2D eigenvalue weighted by molar-refractivity contribution is 6.30. The van der Waals surface area contributed by atoms with Crippen LogP contribution >= 0.6 is 11.6 Å². The summed E-state index contributed by atoms with van der Waals surface area (Å²) in [5, 5.41) is 3.90. The van der Waals surface area contributed by atoms with Gasteiger partial charge in [-0.25, -0.2) is 4.79 Å². The summed E-state index contributed by atoms with van der Waals surface area (Å²) < 4.78 is 4.91. The quantitative estimate of drug-likeness (QED) is 0.857. The average Bonchev–Trinajstić information content (AvgIpc) is 2.50. The van der Waals surface area contributed by atoms with Crippen molar-refractivity contribution in [3.8, 4) is 0 Å². The van der Waals surface area contributed by atoms with Crippen LogP contribution in [-0.4, -0.2) is 13.1 Å². The van der Waals surface area contributed by atoms with Crippen LogP contribution in [0.2, 0.25) is 5.02 Å². The molecule has 0 aliphatic rings. The Morgan fingerprint density at radius 1 is 1.24 bits per heavy atom. The van der Waals surface area contributed by atoms with Gasteiger partial charge in [0.15, 0.2) is 0 Å². The van der Waals surface area contributed by atoms with E-state index < -0.39 is 6.04 Å². The molecule has 0 fully saturated rings. The van der Waals surface area contributed by atoms with Gasteiger partial charge in [-0.05, 0) is 35.7 Å². The summed E-state index contributed by atoms with van der Waals surface area (Å²) in [6.07, 6.45) is 0. The summed E-state index contributed by atoms with van der Waals surface area (Å²) in [5.74, 6) is -0.309. The first-order valence-corrected chi connectivity index (χ1v) is 7.11. The van der Waals surface area contributed by atoms with E-state index in [9.17, 15) is 4.79 Å². The van der Waals surface area contributed by atoms with E-state index in [1.807, 2.05) is 49.4 Å². The molecule has 2 aromatic rings. The first-order valence-electron chi connectivity index (χ1n) is 6.73. The normalized spacial score (nSPS) is 12.0. The number of carbonyl (C=O) groups is 1. The second-order valence-corrected chi connectivity index (χ2v) is 5.26. The molecule has 0 radical (unpaired) electrons. The van der Waals surface area contributed by atoms with Crippen molar-refractivity contribution in [2.45, 2.75) is 19.5 Å². The Bertz CT molecular complexity index is 613. The molecule has 1 N–H and O–H groups in total. The minimum atomic E-state index is -0.507. The molecule has 2 rings (SSSR count). The molecule has 0 amide bonds. The zero-order valence-electron chi connectivity index (χ0n) is 12.1. The van der Waals surface area contributed by atoms with Gasteiger partial charge in [-0.2, -0.15) is 0 Å². The van der Waals surface area contributed by atoms with Crippen molar-refractivity contribution in [2.75, 3.05) is 7.11 Å². The van der Waals surface area contributed by atoms with Gasteiger partial charge in [0, 0.05) is 11.6 Å². The minimum absolute atomic E-state index is 0.309. The third-order valence-electron chi connectivity index (χ3n) is 3.33. The van der Waals surface area contributed by atoms with E-state index in [1.165, 1.54) is 7.11 Å². The van der Waals surface area contributed by atoms with Gasteiger partial charge in [0.1, 0.15) is 6.04 Å². The van der Waals surface area contributed by atoms with Crippen molar-refractivity contribution in [3.05, 3.63) is 70.2 Å². The van der Waals surface area contributed by atoms with E-state index in [0.29, 0.717) is 11.6 Å². The molecule has 0 spiro atoms. The predicted molar refractivity (Wildman–Crippen MR) is 84.2 cm³/mol. The molecule has 0 saturated heterocycles. The van der Waals surface area contributed by atoms with Gasteiger partial charge >= 0.3 is 5.97 Å². The third kappa shape index (κ3) is 4.06. The summed E-state index contributed by atoms with van der Waals surface area (Å²) in [4.78, 5) is 12.1. The Balaban J connectivity index is 2.20. The largest absolute Gasteiger partial charge is 0.468 e. The van der Waals surface area contributed by atoms with Crippen molar-refractivity contribution < 1.29 is 9.53 Å². The van der Waals surface area contributed by atoms with Crippen molar-refractivity contribution in [2.24, 2.45) is 0 Å². The number of hydrogen-bond acceptors (Lipinski definition) is 3. The summed E-state index contributed by atoms with van der Waals surface area (Å²) in [6, 6.07) is 14.9. The zero-order valence-corrected chi connectivity index (χ0v) is 12.9. The maximum absolute atomic E-state index is 12.1. The number of halogens is 1. The van der Waals surface area contributed by atoms with Crippen molar-refractivity contribution in [1.82, 2.24) is 5.32 Å². The molecule has 1 unspecified atom stereocenters. The van der Waals surface area contributed by atoms with Crippen molar-refractivity contribution in [1.29, 1.82) is 0 Å². The fraction of sp³-hybridized carbons (Fsp3) is 0.235. The molecule has 0 saturated carbocycles. The molecular formula is C17H18ClNO2. The zero-order chi connectivity index (χ0) is 15.2. The molecule has 21 heavy (non-hydrogen) atoms. The fourth-order valence-electron chi connectivity index (χ4n) is 2.22. The van der Waals surface area contributed by atoms with E-state index in [1.54, 1.807) is 6.07 Å². The lowest BCUT2D eigenvalue weighted by atomic mass is 10.0. The van der Waals surface area contributed by atoms with Crippen LogP contribution < -0.4 is 5.32 Å². The number of methoxy groups -OCH3 is 1. The van der Waals surface area contributed by atoms with E-state index in [0.717, 1.165) is 16.7 Å². The summed E-state index contributed by atoms with van der Waals surface area (Å²) in [6.45, 7) is 2.52. The smallest absolute Gasteiger partial charge is 0.327 e.